The highest BCUT2D eigenvalue weighted by Crippen LogP contribution is 2.49. The second kappa shape index (κ2) is 5.87. The summed E-state index contributed by atoms with van der Waals surface area (Å²) in [7, 11) is 0. The number of anilines is 1. The second-order valence-corrected chi connectivity index (χ2v) is 7.91. The number of pyridine rings is 1. The lowest BCUT2D eigenvalue weighted by atomic mass is 9.89. The van der Waals surface area contributed by atoms with Crippen LogP contribution in [-0.2, 0) is 13.0 Å². The number of hydrogen-bond acceptors (Lipinski definition) is 2. The van der Waals surface area contributed by atoms with Gasteiger partial charge in [0.15, 0.2) is 5.82 Å². The number of fused-ring (bicyclic) bond motifs is 2. The number of nitrogens with zero attached hydrogens (tertiary/aromatic N) is 3. The molecule has 2 aliphatic rings. The summed E-state index contributed by atoms with van der Waals surface area (Å²) in [6, 6.07) is 11.7. The van der Waals surface area contributed by atoms with Crippen molar-refractivity contribution in [3.8, 4) is 0 Å². The van der Waals surface area contributed by atoms with Crippen LogP contribution in [0.1, 0.15) is 48.2 Å². The van der Waals surface area contributed by atoms with Gasteiger partial charge >= 0.3 is 0 Å². The first-order chi connectivity index (χ1) is 12.7. The van der Waals surface area contributed by atoms with Crippen LogP contribution < -0.4 is 4.90 Å². The van der Waals surface area contributed by atoms with E-state index in [9.17, 15) is 0 Å². The molecule has 1 fully saturated rings. The van der Waals surface area contributed by atoms with E-state index >= 15 is 0 Å². The van der Waals surface area contributed by atoms with E-state index in [1.54, 1.807) is 0 Å². The summed E-state index contributed by atoms with van der Waals surface area (Å²) in [4.78, 5) is 7.55. The third kappa shape index (κ3) is 2.22. The van der Waals surface area contributed by atoms with Crippen LogP contribution in [0, 0.1) is 19.8 Å². The highest BCUT2D eigenvalue weighted by atomic mass is 15.2. The molecule has 0 amide bonds. The van der Waals surface area contributed by atoms with E-state index in [4.69, 9.17) is 4.98 Å². The Morgan fingerprint density at radius 1 is 1.12 bits per heavy atom. The van der Waals surface area contributed by atoms with Gasteiger partial charge < -0.3 is 9.47 Å². The summed E-state index contributed by atoms with van der Waals surface area (Å²) in [5.41, 5.74) is 7.16. The van der Waals surface area contributed by atoms with Gasteiger partial charge in [-0.1, -0.05) is 24.3 Å². The van der Waals surface area contributed by atoms with Crippen molar-refractivity contribution in [1.82, 2.24) is 9.55 Å². The highest BCUT2D eigenvalue weighted by Gasteiger charge is 2.40. The maximum absolute atomic E-state index is 4.93. The second-order valence-electron chi connectivity index (χ2n) is 7.91. The zero-order chi connectivity index (χ0) is 17.8. The van der Waals surface area contributed by atoms with E-state index < -0.39 is 0 Å². The number of aromatic nitrogens is 2. The fourth-order valence-corrected chi connectivity index (χ4v) is 4.94. The molecule has 3 heteroatoms. The van der Waals surface area contributed by atoms with Gasteiger partial charge in [0.05, 0.1) is 11.6 Å². The van der Waals surface area contributed by atoms with Crippen molar-refractivity contribution >= 4 is 16.7 Å². The van der Waals surface area contributed by atoms with Crippen LogP contribution in [-0.4, -0.2) is 16.1 Å². The van der Waals surface area contributed by atoms with Crippen molar-refractivity contribution in [3.05, 3.63) is 58.9 Å². The van der Waals surface area contributed by atoms with Crippen molar-refractivity contribution in [2.45, 2.75) is 52.6 Å². The largest absolute Gasteiger partial charge is 0.347 e. The average molecular weight is 345 g/mol. The first-order valence-electron chi connectivity index (χ1n) is 9.99. The summed E-state index contributed by atoms with van der Waals surface area (Å²) in [5, 5.41) is 1.36. The minimum Gasteiger partial charge on any atom is -0.347 e. The lowest BCUT2D eigenvalue weighted by molar-refractivity contribution is 0.523. The summed E-state index contributed by atoms with van der Waals surface area (Å²) in [6.07, 6.45) is 5.81. The fraction of sp³-hybridized carbons (Fsp3) is 0.435. The molecule has 0 saturated heterocycles. The molecular weight excluding hydrogens is 318 g/mol. The zero-order valence-electron chi connectivity index (χ0n) is 16.0. The Bertz CT molecular complexity index is 981. The molecule has 1 aliphatic carbocycles. The van der Waals surface area contributed by atoms with Crippen LogP contribution in [0.25, 0.3) is 10.9 Å². The Hall–Kier alpha value is -2.29. The van der Waals surface area contributed by atoms with E-state index in [1.807, 2.05) is 6.20 Å². The summed E-state index contributed by atoms with van der Waals surface area (Å²) in [6.45, 7) is 8.79. The molecule has 3 aromatic rings. The smallest absolute Gasteiger partial charge is 0.153 e. The molecule has 26 heavy (non-hydrogen) atoms. The van der Waals surface area contributed by atoms with E-state index in [-0.39, 0.29) is 0 Å². The lowest BCUT2D eigenvalue weighted by Crippen LogP contribution is -2.37. The van der Waals surface area contributed by atoms with Crippen LogP contribution in [0.2, 0.25) is 0 Å². The van der Waals surface area contributed by atoms with Crippen LogP contribution in [0.15, 0.2) is 36.5 Å². The van der Waals surface area contributed by atoms with Gasteiger partial charge in [0.2, 0.25) is 0 Å². The van der Waals surface area contributed by atoms with Gasteiger partial charge in [0.1, 0.15) is 0 Å². The van der Waals surface area contributed by atoms with Gasteiger partial charge in [-0.15, -0.1) is 0 Å². The Morgan fingerprint density at radius 2 is 1.92 bits per heavy atom. The molecule has 1 saturated carbocycles. The summed E-state index contributed by atoms with van der Waals surface area (Å²) < 4.78 is 2.46. The predicted octanol–water partition coefficient (Wildman–Crippen LogP) is 5.19. The molecule has 5 rings (SSSR count). The van der Waals surface area contributed by atoms with Crippen LogP contribution in [0.4, 0.5) is 5.82 Å². The van der Waals surface area contributed by atoms with E-state index in [0.717, 1.165) is 25.4 Å². The first-order valence-corrected chi connectivity index (χ1v) is 9.99. The third-order valence-electron chi connectivity index (χ3n) is 6.51. The van der Waals surface area contributed by atoms with Gasteiger partial charge in [-0.05, 0) is 68.7 Å². The normalized spacial score (nSPS) is 19.8. The molecule has 0 N–H and O–H groups in total. The molecule has 1 aromatic carbocycles. The minimum absolute atomic E-state index is 0.485. The standard InChI is InChI=1S/C23H27N3/c1-4-25-16(3)15(2)19-11-13-24-23(22(19)25)26-14-12-17-7-5-6-8-20(17)21(26)18-9-10-18/h5-8,11,13,18,21H,4,9-10,12,14H2,1-3H3. The van der Waals surface area contributed by atoms with Crippen molar-refractivity contribution < 1.29 is 0 Å². The Labute approximate surface area is 155 Å². The Kier molecular flexibility index (Phi) is 3.59. The lowest BCUT2D eigenvalue weighted by Gasteiger charge is -2.39. The van der Waals surface area contributed by atoms with E-state index in [2.05, 4.69) is 60.6 Å². The van der Waals surface area contributed by atoms with Crippen LogP contribution >= 0.6 is 0 Å². The minimum atomic E-state index is 0.485. The van der Waals surface area contributed by atoms with Gasteiger partial charge in [-0.25, -0.2) is 4.98 Å². The average Bonchev–Trinajstić information content (AvgIpc) is 3.48. The van der Waals surface area contributed by atoms with E-state index in [0.29, 0.717) is 6.04 Å². The van der Waals surface area contributed by atoms with Crippen LogP contribution in [0.5, 0.6) is 0 Å². The van der Waals surface area contributed by atoms with Crippen molar-refractivity contribution in [2.75, 3.05) is 11.4 Å². The van der Waals surface area contributed by atoms with Gasteiger partial charge in [-0.2, -0.15) is 0 Å². The van der Waals surface area contributed by atoms with Crippen molar-refractivity contribution in [1.29, 1.82) is 0 Å². The molecule has 0 bridgehead atoms. The maximum atomic E-state index is 4.93. The Morgan fingerprint density at radius 3 is 2.69 bits per heavy atom. The van der Waals surface area contributed by atoms with Crippen LogP contribution in [0.3, 0.4) is 0 Å². The number of aryl methyl sites for hydroxylation is 2. The summed E-state index contributed by atoms with van der Waals surface area (Å²) in [5.74, 6) is 1.97. The van der Waals surface area contributed by atoms with E-state index in [1.165, 1.54) is 51.9 Å². The molecular formula is C23H27N3. The quantitative estimate of drug-likeness (QED) is 0.651. The molecule has 0 spiro atoms. The van der Waals surface area contributed by atoms with Crippen molar-refractivity contribution in [3.63, 3.8) is 0 Å². The third-order valence-corrected chi connectivity index (χ3v) is 6.51. The maximum Gasteiger partial charge on any atom is 0.153 e. The number of rotatable bonds is 3. The number of benzene rings is 1. The summed E-state index contributed by atoms with van der Waals surface area (Å²) >= 11 is 0. The van der Waals surface area contributed by atoms with Crippen molar-refractivity contribution in [2.24, 2.45) is 5.92 Å². The van der Waals surface area contributed by atoms with Gasteiger partial charge in [0, 0.05) is 30.4 Å². The molecule has 3 nitrogen and oxygen atoms in total. The van der Waals surface area contributed by atoms with Gasteiger partial charge in [-0.3, -0.25) is 0 Å². The van der Waals surface area contributed by atoms with Gasteiger partial charge in [0.25, 0.3) is 0 Å². The molecule has 1 unspecified atom stereocenters. The Balaban J connectivity index is 1.72. The molecule has 134 valence electrons. The zero-order valence-corrected chi connectivity index (χ0v) is 16.0. The monoisotopic (exact) mass is 345 g/mol. The highest BCUT2D eigenvalue weighted by molar-refractivity contribution is 5.93. The molecule has 0 radical (unpaired) electrons. The topological polar surface area (TPSA) is 21.1 Å². The fourth-order valence-electron chi connectivity index (χ4n) is 4.94. The molecule has 3 heterocycles. The number of hydrogen-bond donors (Lipinski definition) is 0. The molecule has 2 aromatic heterocycles. The SMILES string of the molecule is CCn1c(C)c(C)c2ccnc(N3CCc4ccccc4C3C3CC3)c21. The molecule has 1 aliphatic heterocycles. The predicted molar refractivity (Wildman–Crippen MR) is 108 cm³/mol. The molecule has 1 atom stereocenters. The first kappa shape index (κ1) is 15.9.